The Morgan fingerprint density at radius 3 is 1.64 bits per heavy atom. The third kappa shape index (κ3) is 6.66. The molecule has 1 aliphatic heterocycles. The largest absolute Gasteiger partial charge is 2.00 e. The van der Waals surface area contributed by atoms with E-state index >= 15 is 0 Å². The molecule has 1 saturated heterocycles. The summed E-state index contributed by atoms with van der Waals surface area (Å²) >= 11 is -1.61. The second kappa shape index (κ2) is 10.7. The standard InChI is InChI=1S/C17H32GeN3Si.2ClH.Sn.H2/c1-16(2,3)20-15(14-12-10-9-11-13-14)21(17(4,5)6)18(20)19-22(7)8;;;;/h9-13,15,19,22H,1-8H3;2*1H;;1H/q;;;+2;/p-2. The molecule has 8 heteroatoms. The van der Waals surface area contributed by atoms with Crippen molar-refractivity contribution in [3.8, 4) is 0 Å². The average molecular weight is 571 g/mol. The minimum absolute atomic E-state index is 0. The Morgan fingerprint density at radius 2 is 1.32 bits per heavy atom. The van der Waals surface area contributed by atoms with E-state index in [2.05, 4.69) is 96.6 Å². The van der Waals surface area contributed by atoms with Crippen molar-refractivity contribution < 1.29 is 26.2 Å². The summed E-state index contributed by atoms with van der Waals surface area (Å²) in [7, 11) is -0.796. The van der Waals surface area contributed by atoms with Crippen LogP contribution in [0.15, 0.2) is 30.3 Å². The fourth-order valence-electron chi connectivity index (χ4n) is 3.10. The molecule has 0 spiro atoms. The van der Waals surface area contributed by atoms with E-state index in [1.807, 2.05) is 0 Å². The van der Waals surface area contributed by atoms with Crippen molar-refractivity contribution in [1.82, 2.24) is 11.7 Å². The first-order chi connectivity index (χ1) is 10.0. The van der Waals surface area contributed by atoms with Crippen molar-refractivity contribution in [2.24, 2.45) is 0 Å². The van der Waals surface area contributed by atoms with E-state index in [9.17, 15) is 0 Å². The molecular weight excluding hydrogens is 537 g/mol. The van der Waals surface area contributed by atoms with Crippen molar-refractivity contribution >= 4 is 47.9 Å². The van der Waals surface area contributed by atoms with Gasteiger partial charge in [0.1, 0.15) is 0 Å². The predicted molar refractivity (Wildman–Crippen MR) is 108 cm³/mol. The Kier molecular flexibility index (Phi) is 12.2. The normalized spacial score (nSPS) is 17.3. The first-order valence-electron chi connectivity index (χ1n) is 8.30. The predicted octanol–water partition coefficient (Wildman–Crippen LogP) is -2.67. The second-order valence-electron chi connectivity index (χ2n) is 8.49. The number of rotatable bonds is 3. The molecule has 1 aromatic carbocycles. The number of hydrogen-bond donors (Lipinski definition) is 1. The first kappa shape index (κ1) is 28.4. The van der Waals surface area contributed by atoms with Crippen LogP contribution in [-0.4, -0.2) is 66.7 Å². The van der Waals surface area contributed by atoms with Crippen molar-refractivity contribution in [2.45, 2.75) is 71.9 Å². The Hall–Kier alpha value is 1.24. The Balaban J connectivity index is -0.00000132. The fraction of sp³-hybridized carbons (Fsp3) is 0.647. The molecule has 0 amide bonds. The van der Waals surface area contributed by atoms with Crippen molar-refractivity contribution in [3.63, 3.8) is 0 Å². The Labute approximate surface area is 192 Å². The summed E-state index contributed by atoms with van der Waals surface area (Å²) in [6.45, 7) is 19.0. The molecule has 0 unspecified atom stereocenters. The molecule has 3 nitrogen and oxygen atoms in total. The van der Waals surface area contributed by atoms with Gasteiger partial charge < -0.3 is 24.8 Å². The van der Waals surface area contributed by atoms with Crippen LogP contribution >= 0.6 is 0 Å². The van der Waals surface area contributed by atoms with E-state index in [4.69, 9.17) is 0 Å². The molecule has 143 valence electrons. The summed E-state index contributed by atoms with van der Waals surface area (Å²) in [4.78, 5) is 0. The summed E-state index contributed by atoms with van der Waals surface area (Å²) < 4.78 is 9.63. The van der Waals surface area contributed by atoms with Crippen LogP contribution in [0.2, 0.25) is 13.1 Å². The molecule has 0 saturated carbocycles. The van der Waals surface area contributed by atoms with Gasteiger partial charge >= 0.3 is 167 Å². The molecule has 0 bridgehead atoms. The fourth-order valence-corrected chi connectivity index (χ4v) is 13.8. The smallest absolute Gasteiger partial charge is 1.00 e. The molecule has 0 aliphatic carbocycles. The van der Waals surface area contributed by atoms with E-state index in [-0.39, 0.29) is 61.2 Å². The van der Waals surface area contributed by atoms with Crippen molar-refractivity contribution in [3.05, 3.63) is 35.9 Å². The summed E-state index contributed by atoms with van der Waals surface area (Å²) in [5.74, 6) is 0. The topological polar surface area (TPSA) is 18.5 Å². The van der Waals surface area contributed by atoms with Crippen LogP contribution in [0.1, 0.15) is 54.7 Å². The van der Waals surface area contributed by atoms with E-state index in [1.165, 1.54) is 5.56 Å². The molecular formula is C17H34Cl2GeN3SiSn. The summed E-state index contributed by atoms with van der Waals surface area (Å²) in [5.41, 5.74) is 1.83. The van der Waals surface area contributed by atoms with Crippen molar-refractivity contribution in [2.75, 3.05) is 0 Å². The molecule has 25 heavy (non-hydrogen) atoms. The first-order valence-corrected chi connectivity index (χ1v) is 14.1. The summed E-state index contributed by atoms with van der Waals surface area (Å²) in [6.07, 6.45) is 0.413. The van der Waals surface area contributed by atoms with Gasteiger partial charge in [-0.15, -0.1) is 0 Å². The molecule has 1 aromatic rings. The monoisotopic (exact) mass is 572 g/mol. The molecule has 1 fully saturated rings. The van der Waals surface area contributed by atoms with Gasteiger partial charge in [0, 0.05) is 1.43 Å². The average Bonchev–Trinajstić information content (AvgIpc) is 2.31. The van der Waals surface area contributed by atoms with Gasteiger partial charge in [0.2, 0.25) is 0 Å². The zero-order valence-electron chi connectivity index (χ0n) is 16.7. The quantitative estimate of drug-likeness (QED) is 0.401. The number of halogens is 2. The zero-order chi connectivity index (χ0) is 16.7. The molecule has 1 N–H and O–H groups in total. The minimum Gasteiger partial charge on any atom is -1.00 e. The molecule has 1 aliphatic rings. The van der Waals surface area contributed by atoms with Crippen LogP contribution in [0.25, 0.3) is 0 Å². The minimum atomic E-state index is -1.61. The van der Waals surface area contributed by atoms with Gasteiger partial charge in [-0.1, -0.05) is 0 Å². The molecule has 1 heterocycles. The van der Waals surface area contributed by atoms with Gasteiger partial charge in [0.25, 0.3) is 0 Å². The van der Waals surface area contributed by atoms with Gasteiger partial charge in [-0.3, -0.25) is 0 Å². The maximum atomic E-state index is 4.05. The van der Waals surface area contributed by atoms with Crippen LogP contribution in [0.5, 0.6) is 0 Å². The van der Waals surface area contributed by atoms with Gasteiger partial charge in [0.15, 0.2) is 0 Å². The SMILES string of the molecule is C[SiH](C)[NH][Ge]1[N](C(C)(C)C)C(c2ccccc2)[N]1C(C)(C)C.[Cl-].[Cl-].[HH].[Sn+2]. The van der Waals surface area contributed by atoms with Gasteiger partial charge in [-0.05, 0) is 0 Å². The molecule has 0 aromatic heterocycles. The maximum absolute atomic E-state index is 4.05. The number of hydrogen-bond acceptors (Lipinski definition) is 3. The third-order valence-electron chi connectivity index (χ3n) is 3.91. The summed E-state index contributed by atoms with van der Waals surface area (Å²) in [6, 6.07) is 11.0. The molecule has 0 atom stereocenters. The van der Waals surface area contributed by atoms with Crippen LogP contribution in [0.4, 0.5) is 0 Å². The van der Waals surface area contributed by atoms with Gasteiger partial charge in [-0.2, -0.15) is 0 Å². The Bertz CT molecular complexity index is 493. The number of nitrogens with zero attached hydrogens (tertiary/aromatic N) is 2. The summed E-state index contributed by atoms with van der Waals surface area (Å²) in [5, 5.41) is 0. The molecule has 3 radical (unpaired) electrons. The van der Waals surface area contributed by atoms with E-state index < -0.39 is 24.0 Å². The van der Waals surface area contributed by atoms with E-state index in [0.29, 0.717) is 6.17 Å². The van der Waals surface area contributed by atoms with Gasteiger partial charge in [-0.25, -0.2) is 0 Å². The second-order valence-corrected chi connectivity index (χ2v) is 16.3. The molecule has 2 rings (SSSR count). The van der Waals surface area contributed by atoms with Crippen LogP contribution < -0.4 is 28.8 Å². The number of nitrogens with one attached hydrogen (secondary N) is 1. The number of benzene rings is 1. The Morgan fingerprint density at radius 1 is 0.920 bits per heavy atom. The van der Waals surface area contributed by atoms with Crippen LogP contribution in [-0.2, 0) is 0 Å². The van der Waals surface area contributed by atoms with E-state index in [0.717, 1.165) is 0 Å². The van der Waals surface area contributed by atoms with E-state index in [1.54, 1.807) is 0 Å². The maximum Gasteiger partial charge on any atom is 2.00 e. The van der Waals surface area contributed by atoms with Gasteiger partial charge in [0.05, 0.1) is 0 Å². The third-order valence-corrected chi connectivity index (χ3v) is 15.8. The van der Waals surface area contributed by atoms with Crippen LogP contribution in [0, 0.1) is 0 Å². The van der Waals surface area contributed by atoms with Crippen molar-refractivity contribution in [1.29, 1.82) is 0 Å². The zero-order valence-corrected chi connectivity index (χ0v) is 24.3. The van der Waals surface area contributed by atoms with Crippen LogP contribution in [0.3, 0.4) is 0 Å².